The minimum absolute atomic E-state index is 0.538. The Morgan fingerprint density at radius 2 is 1.87 bits per heavy atom. The number of aldehydes is 1. The molecule has 1 aromatic heterocycles. The Morgan fingerprint density at radius 3 is 2.47 bits per heavy atom. The summed E-state index contributed by atoms with van der Waals surface area (Å²) in [7, 11) is 0. The molecule has 0 amide bonds. The Morgan fingerprint density at radius 1 is 1.07 bits per heavy atom. The van der Waals surface area contributed by atoms with Crippen LogP contribution in [0.2, 0.25) is 0 Å². The zero-order valence-electron chi connectivity index (χ0n) is 7.96. The molecule has 0 aliphatic heterocycles. The number of benzene rings is 1. The largest absolute Gasteiger partial charge is 0.439 e. The van der Waals surface area contributed by atoms with Gasteiger partial charge in [0, 0.05) is 17.8 Å². The predicted octanol–water partition coefficient (Wildman–Crippen LogP) is 2.69. The number of ether oxygens (including phenoxy) is 1. The van der Waals surface area contributed by atoms with Crippen molar-refractivity contribution in [1.29, 1.82) is 0 Å². The van der Waals surface area contributed by atoms with Crippen LogP contribution in [0.5, 0.6) is 11.6 Å². The van der Waals surface area contributed by atoms with E-state index in [1.807, 2.05) is 12.1 Å². The molecule has 0 aliphatic carbocycles. The minimum Gasteiger partial charge on any atom is -0.439 e. The van der Waals surface area contributed by atoms with Gasteiger partial charge in [0.05, 0.1) is 0 Å². The van der Waals surface area contributed by atoms with E-state index < -0.39 is 0 Å². The third-order valence-corrected chi connectivity index (χ3v) is 1.88. The van der Waals surface area contributed by atoms with E-state index in [1.165, 1.54) is 0 Å². The van der Waals surface area contributed by atoms with Gasteiger partial charge in [0.2, 0.25) is 5.88 Å². The van der Waals surface area contributed by atoms with E-state index in [-0.39, 0.29) is 0 Å². The van der Waals surface area contributed by atoms with Gasteiger partial charge < -0.3 is 4.74 Å². The van der Waals surface area contributed by atoms with Crippen LogP contribution in [-0.2, 0) is 0 Å². The highest BCUT2D eigenvalue weighted by atomic mass is 16.5. The molecule has 2 rings (SSSR count). The lowest BCUT2D eigenvalue weighted by molar-refractivity contribution is 0.112. The van der Waals surface area contributed by atoms with Crippen LogP contribution in [0.3, 0.4) is 0 Å². The van der Waals surface area contributed by atoms with Crippen molar-refractivity contribution >= 4 is 6.29 Å². The van der Waals surface area contributed by atoms with Crippen molar-refractivity contribution < 1.29 is 9.53 Å². The molecule has 0 N–H and O–H groups in total. The van der Waals surface area contributed by atoms with Crippen molar-refractivity contribution in [3.63, 3.8) is 0 Å². The average molecular weight is 199 g/mol. The van der Waals surface area contributed by atoms with E-state index >= 15 is 0 Å². The lowest BCUT2D eigenvalue weighted by Gasteiger charge is -2.03. The summed E-state index contributed by atoms with van der Waals surface area (Å²) in [4.78, 5) is 14.4. The average Bonchev–Trinajstić information content (AvgIpc) is 2.31. The van der Waals surface area contributed by atoms with Gasteiger partial charge in [-0.2, -0.15) is 0 Å². The van der Waals surface area contributed by atoms with Crippen LogP contribution in [0, 0.1) is 0 Å². The van der Waals surface area contributed by atoms with Gasteiger partial charge in [-0.3, -0.25) is 4.79 Å². The molecule has 74 valence electrons. The van der Waals surface area contributed by atoms with Gasteiger partial charge in [0.15, 0.2) is 0 Å². The number of hydrogen-bond donors (Lipinski definition) is 0. The van der Waals surface area contributed by atoms with Gasteiger partial charge in [-0.05, 0) is 30.3 Å². The van der Waals surface area contributed by atoms with Gasteiger partial charge in [-0.1, -0.05) is 6.07 Å². The third-order valence-electron chi connectivity index (χ3n) is 1.88. The topological polar surface area (TPSA) is 39.2 Å². The standard InChI is InChI=1S/C12H9NO2/c14-9-10-4-6-11(7-5-10)15-12-3-1-2-8-13-12/h1-9H. The molecule has 2 aromatic rings. The lowest BCUT2D eigenvalue weighted by atomic mass is 10.2. The van der Waals surface area contributed by atoms with E-state index in [4.69, 9.17) is 4.74 Å². The Kier molecular flexibility index (Phi) is 2.74. The Bertz CT molecular complexity index is 437. The first kappa shape index (κ1) is 9.40. The highest BCUT2D eigenvalue weighted by Crippen LogP contribution is 2.18. The third kappa shape index (κ3) is 2.40. The quantitative estimate of drug-likeness (QED) is 0.713. The molecular formula is C12H9NO2. The second kappa shape index (κ2) is 4.37. The molecule has 3 nitrogen and oxygen atoms in total. The first-order chi connectivity index (χ1) is 7.38. The first-order valence-corrected chi connectivity index (χ1v) is 4.52. The van der Waals surface area contributed by atoms with Crippen LogP contribution in [-0.4, -0.2) is 11.3 Å². The number of nitrogens with zero attached hydrogens (tertiary/aromatic N) is 1. The summed E-state index contributed by atoms with van der Waals surface area (Å²) in [6.45, 7) is 0. The molecule has 15 heavy (non-hydrogen) atoms. The Labute approximate surface area is 87.3 Å². The van der Waals surface area contributed by atoms with Crippen molar-refractivity contribution in [2.45, 2.75) is 0 Å². The molecule has 0 atom stereocenters. The predicted molar refractivity (Wildman–Crippen MR) is 56.1 cm³/mol. The van der Waals surface area contributed by atoms with Crippen LogP contribution in [0.25, 0.3) is 0 Å². The number of rotatable bonds is 3. The van der Waals surface area contributed by atoms with Crippen LogP contribution < -0.4 is 4.74 Å². The molecular weight excluding hydrogens is 190 g/mol. The van der Waals surface area contributed by atoms with Crippen LogP contribution in [0.15, 0.2) is 48.7 Å². The maximum absolute atomic E-state index is 10.4. The molecule has 1 aromatic carbocycles. The van der Waals surface area contributed by atoms with Gasteiger partial charge in [-0.25, -0.2) is 4.98 Å². The van der Waals surface area contributed by atoms with Crippen LogP contribution >= 0.6 is 0 Å². The zero-order valence-corrected chi connectivity index (χ0v) is 7.96. The minimum atomic E-state index is 0.538. The second-order valence-electron chi connectivity index (χ2n) is 2.96. The van der Waals surface area contributed by atoms with E-state index in [0.717, 1.165) is 6.29 Å². The summed E-state index contributed by atoms with van der Waals surface area (Å²) < 4.78 is 5.45. The normalized spacial score (nSPS) is 9.60. The van der Waals surface area contributed by atoms with Gasteiger partial charge in [-0.15, -0.1) is 0 Å². The molecule has 3 heteroatoms. The summed E-state index contributed by atoms with van der Waals surface area (Å²) in [5, 5.41) is 0. The first-order valence-electron chi connectivity index (χ1n) is 4.52. The van der Waals surface area contributed by atoms with Crippen molar-refractivity contribution in [3.05, 3.63) is 54.2 Å². The number of carbonyl (C=O) groups excluding carboxylic acids is 1. The van der Waals surface area contributed by atoms with E-state index in [2.05, 4.69) is 4.98 Å². The molecule has 0 saturated carbocycles. The number of carbonyl (C=O) groups is 1. The van der Waals surface area contributed by atoms with E-state index in [1.54, 1.807) is 36.5 Å². The molecule has 0 unspecified atom stereocenters. The fourth-order valence-electron chi connectivity index (χ4n) is 1.14. The van der Waals surface area contributed by atoms with E-state index in [0.29, 0.717) is 17.2 Å². The van der Waals surface area contributed by atoms with Crippen molar-refractivity contribution in [1.82, 2.24) is 4.98 Å². The Hall–Kier alpha value is -2.16. The molecule has 0 radical (unpaired) electrons. The van der Waals surface area contributed by atoms with Crippen LogP contribution in [0.1, 0.15) is 10.4 Å². The number of hydrogen-bond acceptors (Lipinski definition) is 3. The van der Waals surface area contributed by atoms with Crippen molar-refractivity contribution in [3.8, 4) is 11.6 Å². The maximum Gasteiger partial charge on any atom is 0.219 e. The molecule has 0 bridgehead atoms. The summed E-state index contributed by atoms with van der Waals surface area (Å²) >= 11 is 0. The summed E-state index contributed by atoms with van der Waals surface area (Å²) in [6.07, 6.45) is 2.46. The molecule has 1 heterocycles. The molecule has 0 spiro atoms. The smallest absolute Gasteiger partial charge is 0.219 e. The highest BCUT2D eigenvalue weighted by molar-refractivity contribution is 5.74. The van der Waals surface area contributed by atoms with Gasteiger partial charge in [0.25, 0.3) is 0 Å². The van der Waals surface area contributed by atoms with E-state index in [9.17, 15) is 4.79 Å². The maximum atomic E-state index is 10.4. The van der Waals surface area contributed by atoms with Crippen LogP contribution in [0.4, 0.5) is 0 Å². The summed E-state index contributed by atoms with van der Waals surface area (Å²) in [5.41, 5.74) is 0.628. The second-order valence-corrected chi connectivity index (χ2v) is 2.96. The van der Waals surface area contributed by atoms with Gasteiger partial charge in [0.1, 0.15) is 12.0 Å². The monoisotopic (exact) mass is 199 g/mol. The SMILES string of the molecule is O=Cc1ccc(Oc2ccccn2)cc1. The molecule has 0 fully saturated rings. The molecule has 0 saturated heterocycles. The lowest BCUT2D eigenvalue weighted by Crippen LogP contribution is -1.87. The summed E-state index contributed by atoms with van der Waals surface area (Å²) in [5.74, 6) is 1.20. The molecule has 0 aliphatic rings. The Balaban J connectivity index is 2.15. The van der Waals surface area contributed by atoms with Gasteiger partial charge >= 0.3 is 0 Å². The summed E-state index contributed by atoms with van der Waals surface area (Å²) in [6, 6.07) is 12.3. The number of pyridine rings is 1. The zero-order chi connectivity index (χ0) is 10.5. The fourth-order valence-corrected chi connectivity index (χ4v) is 1.14. The van der Waals surface area contributed by atoms with Crippen molar-refractivity contribution in [2.75, 3.05) is 0 Å². The highest BCUT2D eigenvalue weighted by Gasteiger charge is 1.96. The van der Waals surface area contributed by atoms with Crippen molar-refractivity contribution in [2.24, 2.45) is 0 Å². The fraction of sp³-hybridized carbons (Fsp3) is 0. The number of aromatic nitrogens is 1.